The number of hydrogen-bond acceptors (Lipinski definition) is 3. The Labute approximate surface area is 149 Å². The first-order chi connectivity index (χ1) is 11.5. The molecule has 0 aliphatic rings. The fourth-order valence-corrected chi connectivity index (χ4v) is 3.76. The molecule has 0 aliphatic carbocycles. The molecule has 1 heterocycles. The summed E-state index contributed by atoms with van der Waals surface area (Å²) in [6.45, 7) is 4.92. The maximum absolute atomic E-state index is 12.5. The van der Waals surface area contributed by atoms with Gasteiger partial charge in [0, 0.05) is 17.5 Å². The van der Waals surface area contributed by atoms with Gasteiger partial charge >= 0.3 is 0 Å². The molecule has 0 bridgehead atoms. The highest BCUT2D eigenvalue weighted by molar-refractivity contribution is 7.14. The molecule has 1 aromatic carbocycles. The zero-order chi connectivity index (χ0) is 17.5. The van der Waals surface area contributed by atoms with E-state index in [2.05, 4.69) is 68.5 Å². The first kappa shape index (κ1) is 18.7. The highest BCUT2D eigenvalue weighted by atomic mass is 32.1. The van der Waals surface area contributed by atoms with Crippen LogP contribution in [-0.2, 0) is 12.8 Å². The molecular formula is C20H28N2OS. The number of benzene rings is 1. The van der Waals surface area contributed by atoms with E-state index < -0.39 is 0 Å². The van der Waals surface area contributed by atoms with Crippen molar-refractivity contribution in [3.8, 4) is 0 Å². The summed E-state index contributed by atoms with van der Waals surface area (Å²) < 4.78 is 0. The average molecular weight is 345 g/mol. The lowest BCUT2D eigenvalue weighted by Crippen LogP contribution is -2.41. The van der Waals surface area contributed by atoms with Crippen molar-refractivity contribution in [2.75, 3.05) is 20.6 Å². The van der Waals surface area contributed by atoms with E-state index in [9.17, 15) is 4.79 Å². The molecule has 2 aromatic rings. The second-order valence-corrected chi connectivity index (χ2v) is 7.72. The molecule has 3 nitrogen and oxygen atoms in total. The van der Waals surface area contributed by atoms with Gasteiger partial charge in [-0.15, -0.1) is 11.3 Å². The Hall–Kier alpha value is -1.65. The van der Waals surface area contributed by atoms with E-state index in [0.717, 1.165) is 24.1 Å². The van der Waals surface area contributed by atoms with Gasteiger partial charge in [0.2, 0.25) is 0 Å². The van der Waals surface area contributed by atoms with Crippen LogP contribution in [0.2, 0.25) is 0 Å². The van der Waals surface area contributed by atoms with Crippen molar-refractivity contribution in [2.24, 2.45) is 0 Å². The molecule has 0 fully saturated rings. The summed E-state index contributed by atoms with van der Waals surface area (Å²) >= 11 is 1.60. The van der Waals surface area contributed by atoms with Crippen molar-refractivity contribution in [1.82, 2.24) is 10.2 Å². The minimum atomic E-state index is 0.0466. The topological polar surface area (TPSA) is 32.3 Å². The second kappa shape index (κ2) is 9.00. The zero-order valence-corrected chi connectivity index (χ0v) is 16.0. The summed E-state index contributed by atoms with van der Waals surface area (Å²) in [7, 11) is 4.13. The number of nitrogens with one attached hydrogen (secondary N) is 1. The zero-order valence-electron chi connectivity index (χ0n) is 15.1. The van der Waals surface area contributed by atoms with Crippen LogP contribution >= 0.6 is 11.3 Å². The molecule has 0 aliphatic heterocycles. The van der Waals surface area contributed by atoms with Crippen LogP contribution in [0.4, 0.5) is 0 Å². The first-order valence-corrected chi connectivity index (χ1v) is 9.40. The number of likely N-dealkylation sites (N-methyl/N-ethyl adjacent to an activating group) is 1. The first-order valence-electron chi connectivity index (χ1n) is 8.59. The van der Waals surface area contributed by atoms with Crippen LogP contribution in [0.1, 0.15) is 39.0 Å². The number of carbonyl (C=O) groups is 1. The molecular weight excluding hydrogens is 316 g/mol. The lowest BCUT2D eigenvalue weighted by molar-refractivity contribution is 0.0945. The molecule has 1 atom stereocenters. The number of thiophene rings is 1. The van der Waals surface area contributed by atoms with E-state index in [1.54, 1.807) is 11.3 Å². The number of hydrogen-bond donors (Lipinski definition) is 1. The van der Waals surface area contributed by atoms with Crippen molar-refractivity contribution in [1.29, 1.82) is 0 Å². The van der Waals surface area contributed by atoms with Crippen molar-refractivity contribution in [3.63, 3.8) is 0 Å². The molecule has 1 amide bonds. The maximum atomic E-state index is 12.5. The summed E-state index contributed by atoms with van der Waals surface area (Å²) in [5.41, 5.74) is 2.60. The Morgan fingerprint density at radius 1 is 1.25 bits per heavy atom. The van der Waals surface area contributed by atoms with Gasteiger partial charge in [0.1, 0.15) is 0 Å². The van der Waals surface area contributed by atoms with E-state index >= 15 is 0 Å². The molecule has 130 valence electrons. The molecule has 4 heteroatoms. The number of rotatable bonds is 8. The Morgan fingerprint density at radius 2 is 1.96 bits per heavy atom. The van der Waals surface area contributed by atoms with Gasteiger partial charge in [-0.3, -0.25) is 4.79 Å². The normalized spacial score (nSPS) is 12.4. The Bertz CT molecular complexity index is 649. The summed E-state index contributed by atoms with van der Waals surface area (Å²) in [4.78, 5) is 16.7. The van der Waals surface area contributed by atoms with Crippen molar-refractivity contribution >= 4 is 17.2 Å². The highest BCUT2D eigenvalue weighted by Crippen LogP contribution is 2.22. The molecule has 0 spiro atoms. The van der Waals surface area contributed by atoms with E-state index in [4.69, 9.17) is 0 Å². The predicted molar refractivity (Wildman–Crippen MR) is 103 cm³/mol. The third kappa shape index (κ3) is 5.18. The second-order valence-electron chi connectivity index (χ2n) is 6.46. The summed E-state index contributed by atoms with van der Waals surface area (Å²) in [5.74, 6) is 0.0466. The van der Waals surface area contributed by atoms with E-state index in [1.807, 2.05) is 6.07 Å². The smallest absolute Gasteiger partial charge is 0.261 e. The van der Waals surface area contributed by atoms with Gasteiger partial charge in [0.25, 0.3) is 5.91 Å². The fraction of sp³-hybridized carbons (Fsp3) is 0.450. The van der Waals surface area contributed by atoms with Gasteiger partial charge in [-0.05, 0) is 51.1 Å². The summed E-state index contributed by atoms with van der Waals surface area (Å²) in [5, 5.41) is 3.11. The quantitative estimate of drug-likeness (QED) is 0.787. The molecule has 24 heavy (non-hydrogen) atoms. The minimum Gasteiger partial charge on any atom is -0.350 e. The fourth-order valence-electron chi connectivity index (χ4n) is 2.77. The predicted octanol–water partition coefficient (Wildman–Crippen LogP) is 3.91. The molecule has 2 rings (SSSR count). The van der Waals surface area contributed by atoms with Crippen molar-refractivity contribution in [3.05, 3.63) is 57.3 Å². The van der Waals surface area contributed by atoms with Crippen LogP contribution in [-0.4, -0.2) is 37.5 Å². The van der Waals surface area contributed by atoms with E-state index in [1.165, 1.54) is 16.0 Å². The number of carbonyl (C=O) groups excluding carboxylic acids is 1. The van der Waals surface area contributed by atoms with Gasteiger partial charge in [0.05, 0.1) is 4.88 Å². The van der Waals surface area contributed by atoms with Crippen LogP contribution in [0.25, 0.3) is 0 Å². The van der Waals surface area contributed by atoms with Gasteiger partial charge in [-0.1, -0.05) is 43.7 Å². The largest absolute Gasteiger partial charge is 0.350 e. The molecule has 0 radical (unpaired) electrons. The minimum absolute atomic E-state index is 0.0466. The summed E-state index contributed by atoms with van der Waals surface area (Å²) in [6.07, 6.45) is 3.08. The third-order valence-electron chi connectivity index (χ3n) is 4.31. The van der Waals surface area contributed by atoms with Crippen LogP contribution in [0, 0.1) is 6.92 Å². The molecule has 1 unspecified atom stereocenters. The number of amides is 1. The van der Waals surface area contributed by atoms with Crippen LogP contribution in [0.3, 0.4) is 0 Å². The summed E-state index contributed by atoms with van der Waals surface area (Å²) in [6, 6.07) is 12.8. The van der Waals surface area contributed by atoms with Gasteiger partial charge in [-0.25, -0.2) is 0 Å². The molecule has 1 aromatic heterocycles. The number of nitrogens with zero attached hydrogens (tertiary/aromatic N) is 1. The Balaban J connectivity index is 1.96. The van der Waals surface area contributed by atoms with E-state index in [-0.39, 0.29) is 11.9 Å². The lowest BCUT2D eigenvalue weighted by Gasteiger charge is -2.24. The Morgan fingerprint density at radius 3 is 2.58 bits per heavy atom. The SMILES string of the molecule is CCCc1cc(C(=O)NCC(Cc2ccccc2)N(C)C)sc1C. The molecule has 0 saturated carbocycles. The highest BCUT2D eigenvalue weighted by Gasteiger charge is 2.16. The monoisotopic (exact) mass is 344 g/mol. The van der Waals surface area contributed by atoms with Crippen LogP contribution in [0.5, 0.6) is 0 Å². The Kier molecular flexibility index (Phi) is 7.00. The number of aryl methyl sites for hydroxylation is 2. The van der Waals surface area contributed by atoms with Crippen LogP contribution < -0.4 is 5.32 Å². The average Bonchev–Trinajstić information content (AvgIpc) is 2.93. The lowest BCUT2D eigenvalue weighted by atomic mass is 10.1. The maximum Gasteiger partial charge on any atom is 0.261 e. The van der Waals surface area contributed by atoms with Gasteiger partial charge in [-0.2, -0.15) is 0 Å². The molecule has 0 saturated heterocycles. The standard InChI is InChI=1S/C20H28N2OS/c1-5-9-17-13-19(24-15(17)2)20(23)21-14-18(22(3)4)12-16-10-7-6-8-11-16/h6-8,10-11,13,18H,5,9,12,14H2,1-4H3,(H,21,23). The van der Waals surface area contributed by atoms with Crippen molar-refractivity contribution < 1.29 is 4.79 Å². The third-order valence-corrected chi connectivity index (χ3v) is 5.40. The van der Waals surface area contributed by atoms with E-state index in [0.29, 0.717) is 6.54 Å². The van der Waals surface area contributed by atoms with Gasteiger partial charge < -0.3 is 10.2 Å². The molecule has 1 N–H and O–H groups in total. The van der Waals surface area contributed by atoms with Crippen molar-refractivity contribution in [2.45, 2.75) is 39.2 Å². The van der Waals surface area contributed by atoms with Gasteiger partial charge in [0.15, 0.2) is 0 Å². The van der Waals surface area contributed by atoms with Crippen LogP contribution in [0.15, 0.2) is 36.4 Å².